The van der Waals surface area contributed by atoms with Gasteiger partial charge in [0.05, 0.1) is 11.2 Å². The van der Waals surface area contributed by atoms with Crippen molar-refractivity contribution in [3.05, 3.63) is 48.3 Å². The molecule has 6 heteroatoms. The maximum Gasteiger partial charge on any atom is 0.339 e. The van der Waals surface area contributed by atoms with E-state index < -0.39 is 5.97 Å². The number of para-hydroxylation sites is 1. The lowest BCUT2D eigenvalue weighted by atomic mass is 10.2. The lowest BCUT2D eigenvalue weighted by Gasteiger charge is -2.05. The summed E-state index contributed by atoms with van der Waals surface area (Å²) in [7, 11) is 0. The van der Waals surface area contributed by atoms with E-state index in [0.29, 0.717) is 11.2 Å². The summed E-state index contributed by atoms with van der Waals surface area (Å²) >= 11 is 0. The van der Waals surface area contributed by atoms with Gasteiger partial charge in [0.1, 0.15) is 11.1 Å². The second-order valence-electron chi connectivity index (χ2n) is 3.69. The molecule has 0 fully saturated rings. The van der Waals surface area contributed by atoms with Crippen molar-refractivity contribution in [1.82, 2.24) is 20.0 Å². The number of hydrogen-bond acceptors (Lipinski definition) is 4. The first kappa shape index (κ1) is 10.4. The molecule has 0 saturated carbocycles. The van der Waals surface area contributed by atoms with E-state index in [0.717, 1.165) is 5.52 Å². The average Bonchev–Trinajstić information content (AvgIpc) is 2.82. The van der Waals surface area contributed by atoms with Crippen LogP contribution in [0.25, 0.3) is 16.7 Å². The van der Waals surface area contributed by atoms with Gasteiger partial charge in [-0.05, 0) is 18.2 Å². The fraction of sp³-hybridized carbons (Fsp3) is 0. The second-order valence-corrected chi connectivity index (χ2v) is 3.69. The summed E-state index contributed by atoms with van der Waals surface area (Å²) in [6.45, 7) is 0. The number of rotatable bonds is 2. The minimum atomic E-state index is -1.04. The Morgan fingerprint density at radius 1 is 1.22 bits per heavy atom. The van der Waals surface area contributed by atoms with Crippen LogP contribution < -0.4 is 0 Å². The van der Waals surface area contributed by atoms with Gasteiger partial charge in [-0.3, -0.25) is 4.98 Å². The number of fused-ring (bicyclic) bond motifs is 1. The van der Waals surface area contributed by atoms with Gasteiger partial charge in [-0.15, -0.1) is 5.10 Å². The molecule has 0 unspecified atom stereocenters. The van der Waals surface area contributed by atoms with Gasteiger partial charge < -0.3 is 5.11 Å². The first-order chi connectivity index (χ1) is 8.77. The molecule has 18 heavy (non-hydrogen) atoms. The van der Waals surface area contributed by atoms with Crippen molar-refractivity contribution >= 4 is 17.0 Å². The Balaban J connectivity index is 2.30. The predicted octanol–water partition coefficient (Wildman–Crippen LogP) is 1.51. The predicted molar refractivity (Wildman–Crippen MR) is 63.6 cm³/mol. The Kier molecular flexibility index (Phi) is 2.26. The number of carbonyl (C=O) groups is 1. The largest absolute Gasteiger partial charge is 0.478 e. The summed E-state index contributed by atoms with van der Waals surface area (Å²) in [6, 6.07) is 8.96. The van der Waals surface area contributed by atoms with E-state index >= 15 is 0 Å². The van der Waals surface area contributed by atoms with Gasteiger partial charge in [0.15, 0.2) is 0 Å². The summed E-state index contributed by atoms with van der Waals surface area (Å²) in [5.74, 6) is -1.04. The topological polar surface area (TPSA) is 80.9 Å². The molecule has 0 bridgehead atoms. The molecule has 2 heterocycles. The van der Waals surface area contributed by atoms with Crippen LogP contribution in [-0.2, 0) is 0 Å². The van der Waals surface area contributed by atoms with Crippen molar-refractivity contribution in [2.45, 2.75) is 0 Å². The number of benzene rings is 1. The van der Waals surface area contributed by atoms with Crippen molar-refractivity contribution in [1.29, 1.82) is 0 Å². The van der Waals surface area contributed by atoms with Gasteiger partial charge in [0.25, 0.3) is 0 Å². The molecule has 3 aromatic rings. The Bertz CT molecular complexity index is 736. The highest BCUT2D eigenvalue weighted by molar-refractivity contribution is 5.92. The minimum absolute atomic E-state index is 0.0909. The molecule has 0 saturated heterocycles. The van der Waals surface area contributed by atoms with Crippen LogP contribution >= 0.6 is 0 Å². The van der Waals surface area contributed by atoms with Crippen LogP contribution in [0.15, 0.2) is 42.7 Å². The molecule has 0 amide bonds. The van der Waals surface area contributed by atoms with Crippen LogP contribution in [0, 0.1) is 0 Å². The fourth-order valence-electron chi connectivity index (χ4n) is 1.78. The maximum atomic E-state index is 11.2. The molecular weight excluding hydrogens is 232 g/mol. The van der Waals surface area contributed by atoms with Crippen LogP contribution in [0.1, 0.15) is 10.4 Å². The number of nitrogens with zero attached hydrogens (tertiary/aromatic N) is 4. The third-order valence-electron chi connectivity index (χ3n) is 2.61. The van der Waals surface area contributed by atoms with Gasteiger partial charge in [-0.1, -0.05) is 17.3 Å². The van der Waals surface area contributed by atoms with E-state index in [4.69, 9.17) is 5.11 Å². The SMILES string of the molecule is O=C(O)c1cnccc1-n1nnc2ccccc21. The average molecular weight is 240 g/mol. The summed E-state index contributed by atoms with van der Waals surface area (Å²) in [5.41, 5.74) is 2.01. The molecular formula is C12H8N4O2. The van der Waals surface area contributed by atoms with Crippen LogP contribution in [-0.4, -0.2) is 31.1 Å². The molecule has 0 aliphatic carbocycles. The van der Waals surface area contributed by atoms with E-state index in [1.807, 2.05) is 24.3 Å². The zero-order valence-corrected chi connectivity index (χ0v) is 9.19. The van der Waals surface area contributed by atoms with Gasteiger partial charge in [0, 0.05) is 12.4 Å². The molecule has 0 atom stereocenters. The van der Waals surface area contributed by atoms with Gasteiger partial charge in [-0.25, -0.2) is 9.48 Å². The van der Waals surface area contributed by atoms with Gasteiger partial charge >= 0.3 is 5.97 Å². The number of hydrogen-bond donors (Lipinski definition) is 1. The molecule has 88 valence electrons. The van der Waals surface area contributed by atoms with Crippen molar-refractivity contribution in [2.24, 2.45) is 0 Å². The first-order valence-corrected chi connectivity index (χ1v) is 5.25. The Morgan fingerprint density at radius 3 is 2.89 bits per heavy atom. The monoisotopic (exact) mass is 240 g/mol. The van der Waals surface area contributed by atoms with Crippen LogP contribution in [0.5, 0.6) is 0 Å². The zero-order valence-electron chi connectivity index (χ0n) is 9.19. The summed E-state index contributed by atoms with van der Waals surface area (Å²) in [5, 5.41) is 17.1. The smallest absolute Gasteiger partial charge is 0.339 e. The number of pyridine rings is 1. The molecule has 2 aromatic heterocycles. The minimum Gasteiger partial charge on any atom is -0.478 e. The first-order valence-electron chi connectivity index (χ1n) is 5.25. The molecule has 6 nitrogen and oxygen atoms in total. The molecule has 0 spiro atoms. The highest BCUT2D eigenvalue weighted by atomic mass is 16.4. The van der Waals surface area contributed by atoms with Crippen molar-refractivity contribution in [2.75, 3.05) is 0 Å². The van der Waals surface area contributed by atoms with E-state index in [9.17, 15) is 4.79 Å². The summed E-state index contributed by atoms with van der Waals surface area (Å²) < 4.78 is 1.50. The Labute approximate surface area is 102 Å². The fourth-order valence-corrected chi connectivity index (χ4v) is 1.78. The molecule has 1 aromatic carbocycles. The molecule has 3 rings (SSSR count). The normalized spacial score (nSPS) is 10.7. The maximum absolute atomic E-state index is 11.2. The van der Waals surface area contributed by atoms with E-state index in [1.54, 1.807) is 6.07 Å². The van der Waals surface area contributed by atoms with Gasteiger partial charge in [0.2, 0.25) is 0 Å². The summed E-state index contributed by atoms with van der Waals surface area (Å²) in [4.78, 5) is 15.0. The van der Waals surface area contributed by atoms with E-state index in [2.05, 4.69) is 15.3 Å². The number of carboxylic acid groups (broad SMARTS) is 1. The van der Waals surface area contributed by atoms with Crippen LogP contribution in [0.2, 0.25) is 0 Å². The third-order valence-corrected chi connectivity index (χ3v) is 2.61. The second kappa shape index (κ2) is 3.92. The van der Waals surface area contributed by atoms with E-state index in [-0.39, 0.29) is 5.56 Å². The third kappa shape index (κ3) is 1.51. The lowest BCUT2D eigenvalue weighted by molar-refractivity contribution is 0.0696. The molecule has 1 N–H and O–H groups in total. The number of carboxylic acids is 1. The molecule has 0 radical (unpaired) electrons. The standard InChI is InChI=1S/C12H8N4O2/c17-12(18)8-7-13-6-5-10(8)16-11-4-2-1-3-9(11)14-15-16/h1-7H,(H,17,18). The molecule has 0 aliphatic heterocycles. The quantitative estimate of drug-likeness (QED) is 0.734. The van der Waals surface area contributed by atoms with E-state index in [1.165, 1.54) is 17.1 Å². The lowest BCUT2D eigenvalue weighted by Crippen LogP contribution is -2.07. The molecule has 0 aliphatic rings. The summed E-state index contributed by atoms with van der Waals surface area (Å²) in [6.07, 6.45) is 2.83. The van der Waals surface area contributed by atoms with Crippen molar-refractivity contribution in [3.8, 4) is 5.69 Å². The Hall–Kier alpha value is -2.76. The number of aromatic nitrogens is 4. The van der Waals surface area contributed by atoms with Crippen molar-refractivity contribution < 1.29 is 9.90 Å². The van der Waals surface area contributed by atoms with Crippen LogP contribution in [0.4, 0.5) is 0 Å². The highest BCUT2D eigenvalue weighted by Crippen LogP contribution is 2.18. The highest BCUT2D eigenvalue weighted by Gasteiger charge is 2.14. The van der Waals surface area contributed by atoms with Crippen LogP contribution in [0.3, 0.4) is 0 Å². The van der Waals surface area contributed by atoms with Gasteiger partial charge in [-0.2, -0.15) is 0 Å². The Morgan fingerprint density at radius 2 is 2.06 bits per heavy atom. The number of aromatic carboxylic acids is 1. The van der Waals surface area contributed by atoms with Crippen molar-refractivity contribution in [3.63, 3.8) is 0 Å². The zero-order chi connectivity index (χ0) is 12.5.